The topological polar surface area (TPSA) is 74.7 Å². The number of hydrogen-bond acceptors (Lipinski definition) is 5. The minimum atomic E-state index is -3.49. The summed E-state index contributed by atoms with van der Waals surface area (Å²) in [6.07, 6.45) is 4.21. The van der Waals surface area contributed by atoms with E-state index >= 15 is 0 Å². The van der Waals surface area contributed by atoms with Crippen molar-refractivity contribution in [3.05, 3.63) is 52.1 Å². The number of anilines is 1. The minimum absolute atomic E-state index is 0.188. The molecule has 0 bridgehead atoms. The van der Waals surface area contributed by atoms with Crippen molar-refractivity contribution < 1.29 is 8.42 Å². The van der Waals surface area contributed by atoms with Crippen LogP contribution in [0.3, 0.4) is 0 Å². The molecule has 1 aliphatic heterocycles. The Balaban J connectivity index is 1.73. The first-order valence-corrected chi connectivity index (χ1v) is 10.8. The molecule has 2 aromatic rings. The third-order valence-electron chi connectivity index (χ3n) is 4.35. The largest absolute Gasteiger partial charge is 0.261 e. The highest BCUT2D eigenvalue weighted by Gasteiger charge is 2.26. The monoisotopic (exact) mass is 426 g/mol. The second kappa shape index (κ2) is 8.56. The SMILES string of the molecule is C/C(=N\Nc1ccc(S(=O)(=O)N2CCCCC2)cn1)c1cc(Cl)ccc1Cl. The molecule has 1 fully saturated rings. The summed E-state index contributed by atoms with van der Waals surface area (Å²) in [6.45, 7) is 2.91. The number of nitrogens with zero attached hydrogens (tertiary/aromatic N) is 3. The van der Waals surface area contributed by atoms with Crippen LogP contribution in [0.25, 0.3) is 0 Å². The van der Waals surface area contributed by atoms with E-state index in [2.05, 4.69) is 15.5 Å². The maximum Gasteiger partial charge on any atom is 0.244 e. The zero-order valence-corrected chi connectivity index (χ0v) is 17.2. The van der Waals surface area contributed by atoms with E-state index in [0.717, 1.165) is 19.3 Å². The molecule has 1 aromatic carbocycles. The number of aromatic nitrogens is 1. The van der Waals surface area contributed by atoms with Crippen LogP contribution >= 0.6 is 23.2 Å². The van der Waals surface area contributed by atoms with Gasteiger partial charge in [-0.05, 0) is 50.1 Å². The molecule has 1 aliphatic rings. The number of nitrogens with one attached hydrogen (secondary N) is 1. The number of sulfonamides is 1. The van der Waals surface area contributed by atoms with E-state index in [1.165, 1.54) is 16.6 Å². The summed E-state index contributed by atoms with van der Waals surface area (Å²) in [5.41, 5.74) is 4.16. The molecule has 0 amide bonds. The Morgan fingerprint density at radius 3 is 2.56 bits per heavy atom. The van der Waals surface area contributed by atoms with Crippen LogP contribution in [0, 0.1) is 0 Å². The van der Waals surface area contributed by atoms with Crippen molar-refractivity contribution >= 4 is 44.8 Å². The lowest BCUT2D eigenvalue weighted by Gasteiger charge is -2.25. The maximum absolute atomic E-state index is 12.6. The highest BCUT2D eigenvalue weighted by Crippen LogP contribution is 2.22. The fourth-order valence-electron chi connectivity index (χ4n) is 2.83. The molecule has 0 saturated carbocycles. The van der Waals surface area contributed by atoms with Crippen molar-refractivity contribution in [2.24, 2.45) is 5.10 Å². The van der Waals surface area contributed by atoms with E-state index in [9.17, 15) is 8.42 Å². The standard InChI is InChI=1S/C18H20Cl2N4O2S/c1-13(16-11-14(19)5-7-17(16)20)22-23-18-8-6-15(12-21-18)27(25,26)24-9-3-2-4-10-24/h5-8,11-12H,2-4,9-10H2,1H3,(H,21,23)/b22-13+. The Labute approximate surface area is 169 Å². The molecule has 0 spiro atoms. The maximum atomic E-state index is 12.6. The Morgan fingerprint density at radius 2 is 1.89 bits per heavy atom. The van der Waals surface area contributed by atoms with Gasteiger partial charge in [0.1, 0.15) is 10.7 Å². The molecule has 1 N–H and O–H groups in total. The first-order chi connectivity index (χ1) is 12.9. The normalized spacial score (nSPS) is 16.3. The third kappa shape index (κ3) is 4.79. The number of hydrogen-bond donors (Lipinski definition) is 1. The molecule has 1 saturated heterocycles. The van der Waals surface area contributed by atoms with Gasteiger partial charge in [-0.15, -0.1) is 0 Å². The average Bonchev–Trinajstić information content (AvgIpc) is 2.69. The van der Waals surface area contributed by atoms with Gasteiger partial charge in [0.15, 0.2) is 0 Å². The summed E-state index contributed by atoms with van der Waals surface area (Å²) in [6, 6.07) is 8.27. The van der Waals surface area contributed by atoms with Crippen LogP contribution in [0.2, 0.25) is 10.0 Å². The quantitative estimate of drug-likeness (QED) is 0.567. The molecule has 9 heteroatoms. The molecular weight excluding hydrogens is 407 g/mol. The Morgan fingerprint density at radius 1 is 1.15 bits per heavy atom. The van der Waals surface area contributed by atoms with Crippen molar-refractivity contribution in [3.63, 3.8) is 0 Å². The van der Waals surface area contributed by atoms with E-state index in [4.69, 9.17) is 23.2 Å². The molecule has 0 aliphatic carbocycles. The van der Waals surface area contributed by atoms with Gasteiger partial charge in [0.25, 0.3) is 0 Å². The van der Waals surface area contributed by atoms with Gasteiger partial charge in [0.05, 0.1) is 5.71 Å². The number of rotatable bonds is 5. The fraction of sp³-hybridized carbons (Fsp3) is 0.333. The van der Waals surface area contributed by atoms with E-state index in [0.29, 0.717) is 40.2 Å². The smallest absolute Gasteiger partial charge is 0.244 e. The summed E-state index contributed by atoms with van der Waals surface area (Å²) in [7, 11) is -3.49. The van der Waals surface area contributed by atoms with Crippen LogP contribution in [0.1, 0.15) is 31.7 Å². The van der Waals surface area contributed by atoms with Crippen molar-refractivity contribution in [1.82, 2.24) is 9.29 Å². The van der Waals surface area contributed by atoms with Gasteiger partial charge in [-0.3, -0.25) is 5.43 Å². The second-order valence-corrected chi connectivity index (χ2v) is 9.06. The first kappa shape index (κ1) is 20.1. The predicted octanol–water partition coefficient (Wildman–Crippen LogP) is 4.40. The third-order valence-corrected chi connectivity index (χ3v) is 6.79. The summed E-state index contributed by atoms with van der Waals surface area (Å²) in [5, 5.41) is 5.35. The number of pyridine rings is 1. The van der Waals surface area contributed by atoms with Crippen LogP contribution in [0.5, 0.6) is 0 Å². The van der Waals surface area contributed by atoms with Crippen molar-refractivity contribution in [2.75, 3.05) is 18.5 Å². The van der Waals surface area contributed by atoms with Gasteiger partial charge < -0.3 is 0 Å². The Bertz CT molecular complexity index is 940. The minimum Gasteiger partial charge on any atom is -0.261 e. The van der Waals surface area contributed by atoms with Crippen LogP contribution < -0.4 is 5.43 Å². The van der Waals surface area contributed by atoms with Crippen LogP contribution in [-0.2, 0) is 10.0 Å². The van der Waals surface area contributed by atoms with E-state index < -0.39 is 10.0 Å². The first-order valence-electron chi connectivity index (χ1n) is 8.60. The second-order valence-electron chi connectivity index (χ2n) is 6.28. The molecule has 0 atom stereocenters. The molecule has 1 aromatic heterocycles. The highest BCUT2D eigenvalue weighted by molar-refractivity contribution is 7.89. The number of piperidine rings is 1. The van der Waals surface area contributed by atoms with Crippen molar-refractivity contribution in [3.8, 4) is 0 Å². The van der Waals surface area contributed by atoms with E-state index in [-0.39, 0.29) is 4.90 Å². The van der Waals surface area contributed by atoms with Gasteiger partial charge in [0.2, 0.25) is 10.0 Å². The van der Waals surface area contributed by atoms with Crippen LogP contribution in [-0.4, -0.2) is 36.5 Å². The number of hydrazone groups is 1. The van der Waals surface area contributed by atoms with Gasteiger partial charge in [0, 0.05) is 34.9 Å². The summed E-state index contributed by atoms with van der Waals surface area (Å²) < 4.78 is 26.8. The predicted molar refractivity (Wildman–Crippen MR) is 109 cm³/mol. The average molecular weight is 427 g/mol. The van der Waals surface area contributed by atoms with Gasteiger partial charge in [-0.2, -0.15) is 9.41 Å². The zero-order chi connectivity index (χ0) is 19.4. The lowest BCUT2D eigenvalue weighted by atomic mass is 10.1. The van der Waals surface area contributed by atoms with Crippen LogP contribution in [0.15, 0.2) is 46.5 Å². The molecule has 27 heavy (non-hydrogen) atoms. The van der Waals surface area contributed by atoms with E-state index in [1.54, 1.807) is 31.2 Å². The van der Waals surface area contributed by atoms with Gasteiger partial charge in [-0.25, -0.2) is 13.4 Å². The van der Waals surface area contributed by atoms with Crippen LogP contribution in [0.4, 0.5) is 5.82 Å². The van der Waals surface area contributed by atoms with E-state index in [1.807, 2.05) is 0 Å². The molecule has 0 radical (unpaired) electrons. The Hall–Kier alpha value is -1.67. The number of halogens is 2. The molecular formula is C18H20Cl2N4O2S. The van der Waals surface area contributed by atoms with Crippen molar-refractivity contribution in [2.45, 2.75) is 31.1 Å². The lowest BCUT2D eigenvalue weighted by molar-refractivity contribution is 0.346. The molecule has 3 rings (SSSR count). The number of benzene rings is 1. The summed E-state index contributed by atoms with van der Waals surface area (Å²) in [5.74, 6) is 0.435. The summed E-state index contributed by atoms with van der Waals surface area (Å²) in [4.78, 5) is 4.35. The highest BCUT2D eigenvalue weighted by atomic mass is 35.5. The van der Waals surface area contributed by atoms with Crippen molar-refractivity contribution in [1.29, 1.82) is 0 Å². The molecule has 0 unspecified atom stereocenters. The summed E-state index contributed by atoms with van der Waals surface area (Å²) >= 11 is 12.2. The molecule has 144 valence electrons. The molecule has 6 nitrogen and oxygen atoms in total. The zero-order valence-electron chi connectivity index (χ0n) is 14.8. The van der Waals surface area contributed by atoms with Gasteiger partial charge >= 0.3 is 0 Å². The molecule has 2 heterocycles. The Kier molecular flexibility index (Phi) is 6.37. The fourth-order valence-corrected chi connectivity index (χ4v) is 4.72. The lowest BCUT2D eigenvalue weighted by Crippen LogP contribution is -2.35. The van der Waals surface area contributed by atoms with Gasteiger partial charge in [-0.1, -0.05) is 29.6 Å².